The van der Waals surface area contributed by atoms with E-state index in [1.807, 2.05) is 34.1 Å². The molecule has 0 bridgehead atoms. The number of imide groups is 1. The number of rotatable bonds is 11. The van der Waals surface area contributed by atoms with Gasteiger partial charge in [0.25, 0.3) is 11.8 Å². The largest absolute Gasteiger partial charge is 0.493 e. The number of halogens is 5. The summed E-state index contributed by atoms with van der Waals surface area (Å²) in [5, 5.41) is 11.4. The maximum absolute atomic E-state index is 14.9. The number of ether oxygens (including phenoxy) is 1. The van der Waals surface area contributed by atoms with Crippen molar-refractivity contribution in [1.82, 2.24) is 15.1 Å². The molecular weight excluding hydrogens is 735 g/mol. The van der Waals surface area contributed by atoms with Gasteiger partial charge in [-0.1, -0.05) is 12.1 Å². The van der Waals surface area contributed by atoms with Crippen molar-refractivity contribution < 1.29 is 41.1 Å². The van der Waals surface area contributed by atoms with E-state index in [1.165, 1.54) is 11.0 Å². The quantitative estimate of drug-likeness (QED) is 0.178. The van der Waals surface area contributed by atoms with Crippen LogP contribution in [0.5, 0.6) is 5.75 Å². The van der Waals surface area contributed by atoms with Crippen LogP contribution in [0.25, 0.3) is 0 Å². The van der Waals surface area contributed by atoms with E-state index in [0.29, 0.717) is 69.2 Å². The molecule has 1 unspecified atom stereocenters. The van der Waals surface area contributed by atoms with E-state index in [9.17, 15) is 36.3 Å². The van der Waals surface area contributed by atoms with Gasteiger partial charge in [0.1, 0.15) is 11.8 Å². The van der Waals surface area contributed by atoms with E-state index in [1.54, 1.807) is 30.3 Å². The fourth-order valence-electron chi connectivity index (χ4n) is 8.12. The molecule has 7 rings (SSSR count). The summed E-state index contributed by atoms with van der Waals surface area (Å²) in [4.78, 5) is 44.6. The van der Waals surface area contributed by atoms with Crippen molar-refractivity contribution in [3.63, 3.8) is 0 Å². The SMILES string of the molecule is N#Cc1ccc(N2CCC(c3ccc(OCCC(F)(F)CCN4CCN(c5ccc6c(c5)CN(C5CCC(=O)NC5=O)C6=O)CC4)cc3)CC2)cc1C(F)(F)F. The number of nitrogens with zero attached hydrogens (tertiary/aromatic N) is 5. The van der Waals surface area contributed by atoms with E-state index in [-0.39, 0.29) is 43.7 Å². The number of nitriles is 1. The molecule has 0 saturated carbocycles. The molecule has 3 aromatic rings. The van der Waals surface area contributed by atoms with Gasteiger partial charge in [0.2, 0.25) is 11.8 Å². The maximum Gasteiger partial charge on any atom is 0.417 e. The van der Waals surface area contributed by atoms with Crippen LogP contribution in [0.2, 0.25) is 0 Å². The fourth-order valence-corrected chi connectivity index (χ4v) is 8.12. The van der Waals surface area contributed by atoms with Gasteiger partial charge in [-0.3, -0.25) is 24.6 Å². The van der Waals surface area contributed by atoms with Crippen molar-refractivity contribution in [2.24, 2.45) is 0 Å². The Hall–Kier alpha value is -5.23. The van der Waals surface area contributed by atoms with E-state index < -0.39 is 41.6 Å². The Morgan fingerprint density at radius 1 is 0.804 bits per heavy atom. The summed E-state index contributed by atoms with van der Waals surface area (Å²) in [5.74, 6) is -3.21. The minimum absolute atomic E-state index is 0.134. The highest BCUT2D eigenvalue weighted by Crippen LogP contribution is 2.37. The molecular formula is C41H43F5N6O4. The van der Waals surface area contributed by atoms with Crippen LogP contribution in [0.1, 0.15) is 77.1 Å². The Labute approximate surface area is 321 Å². The number of piperazine rings is 1. The summed E-state index contributed by atoms with van der Waals surface area (Å²) < 4.78 is 75.8. The molecule has 0 spiro atoms. The second kappa shape index (κ2) is 16.1. The Kier molecular flexibility index (Phi) is 11.2. The summed E-state index contributed by atoms with van der Waals surface area (Å²) >= 11 is 0. The van der Waals surface area contributed by atoms with Gasteiger partial charge in [-0.25, -0.2) is 8.78 Å². The van der Waals surface area contributed by atoms with Crippen LogP contribution in [0.3, 0.4) is 0 Å². The summed E-state index contributed by atoms with van der Waals surface area (Å²) in [6.07, 6.45) is -3.36. The van der Waals surface area contributed by atoms with E-state index in [4.69, 9.17) is 10.00 Å². The van der Waals surface area contributed by atoms with Gasteiger partial charge in [-0.15, -0.1) is 0 Å². The van der Waals surface area contributed by atoms with Crippen LogP contribution >= 0.6 is 0 Å². The molecule has 0 aliphatic carbocycles. The van der Waals surface area contributed by atoms with Gasteiger partial charge in [0.15, 0.2) is 0 Å². The second-order valence-electron chi connectivity index (χ2n) is 14.9. The number of carbonyl (C=O) groups excluding carboxylic acids is 3. The van der Waals surface area contributed by atoms with Crippen LogP contribution in [0.4, 0.5) is 33.3 Å². The number of anilines is 2. The highest BCUT2D eigenvalue weighted by molar-refractivity contribution is 6.05. The normalized spacial score (nSPS) is 19.9. The number of hydrogen-bond acceptors (Lipinski definition) is 8. The minimum Gasteiger partial charge on any atom is -0.493 e. The molecule has 4 heterocycles. The number of carbonyl (C=O) groups is 3. The molecule has 15 heteroatoms. The number of piperidine rings is 2. The first-order valence-electron chi connectivity index (χ1n) is 19.0. The lowest BCUT2D eigenvalue weighted by Crippen LogP contribution is -2.52. The molecule has 4 aliphatic heterocycles. The highest BCUT2D eigenvalue weighted by Gasteiger charge is 2.40. The Morgan fingerprint density at radius 3 is 2.16 bits per heavy atom. The third-order valence-corrected chi connectivity index (χ3v) is 11.4. The number of benzene rings is 3. The molecule has 3 saturated heterocycles. The zero-order valence-corrected chi connectivity index (χ0v) is 30.8. The molecule has 4 aliphatic rings. The van der Waals surface area contributed by atoms with Crippen molar-refractivity contribution in [3.8, 4) is 11.8 Å². The third kappa shape index (κ3) is 8.75. The summed E-state index contributed by atoms with van der Waals surface area (Å²) in [6, 6.07) is 17.7. The van der Waals surface area contributed by atoms with Crippen molar-refractivity contribution in [2.75, 3.05) is 62.2 Å². The molecule has 3 amide bonds. The average molecular weight is 779 g/mol. The topological polar surface area (TPSA) is 109 Å². The predicted molar refractivity (Wildman–Crippen MR) is 198 cm³/mol. The number of hydrogen-bond donors (Lipinski definition) is 1. The van der Waals surface area contributed by atoms with Crippen LogP contribution in [0, 0.1) is 11.3 Å². The first-order chi connectivity index (χ1) is 26.8. The van der Waals surface area contributed by atoms with Crippen molar-refractivity contribution >= 4 is 29.1 Å². The minimum atomic E-state index is -4.61. The molecule has 3 aromatic carbocycles. The van der Waals surface area contributed by atoms with E-state index >= 15 is 0 Å². The summed E-state index contributed by atoms with van der Waals surface area (Å²) in [7, 11) is 0. The van der Waals surface area contributed by atoms with Gasteiger partial charge in [-0.05, 0) is 84.8 Å². The van der Waals surface area contributed by atoms with Crippen LogP contribution in [-0.2, 0) is 22.3 Å². The summed E-state index contributed by atoms with van der Waals surface area (Å²) in [5.41, 5.74) is 2.48. The number of nitrogens with one attached hydrogen (secondary N) is 1. The molecule has 56 heavy (non-hydrogen) atoms. The lowest BCUT2D eigenvalue weighted by atomic mass is 9.89. The zero-order valence-electron chi connectivity index (χ0n) is 30.8. The van der Waals surface area contributed by atoms with Crippen LogP contribution in [-0.4, -0.2) is 91.9 Å². The van der Waals surface area contributed by atoms with Crippen LogP contribution < -0.4 is 19.9 Å². The lowest BCUT2D eigenvalue weighted by Gasteiger charge is -2.36. The average Bonchev–Trinajstić information content (AvgIpc) is 3.51. The Morgan fingerprint density at radius 2 is 1.48 bits per heavy atom. The zero-order chi connectivity index (χ0) is 39.6. The third-order valence-electron chi connectivity index (χ3n) is 11.4. The first kappa shape index (κ1) is 39.0. The molecule has 0 aromatic heterocycles. The lowest BCUT2D eigenvalue weighted by molar-refractivity contribution is -0.138. The number of fused-ring (bicyclic) bond motifs is 1. The monoisotopic (exact) mass is 778 g/mol. The van der Waals surface area contributed by atoms with E-state index in [2.05, 4.69) is 10.2 Å². The standard InChI is InChI=1S/C41H43F5N6O4/c42-40(43,13-17-49-18-20-51(21-19-49)31-5-8-34-30(23-31)26-52(39(34)55)36-9-10-37(53)48-38(36)54)14-22-56-33-6-2-27(3-7-33)28-11-15-50(16-12-28)32-4-1-29(25-47)35(24-32)41(44,45)46/h1-8,23-24,28,36H,9-22,26H2,(H,48,53,54). The van der Waals surface area contributed by atoms with Gasteiger partial charge < -0.3 is 19.4 Å². The van der Waals surface area contributed by atoms with Gasteiger partial charge >= 0.3 is 6.18 Å². The highest BCUT2D eigenvalue weighted by atomic mass is 19.4. The first-order valence-corrected chi connectivity index (χ1v) is 19.0. The molecule has 0 radical (unpaired) electrons. The molecule has 1 atom stereocenters. The predicted octanol–water partition coefficient (Wildman–Crippen LogP) is 6.34. The molecule has 1 N–H and O–H groups in total. The molecule has 10 nitrogen and oxygen atoms in total. The summed E-state index contributed by atoms with van der Waals surface area (Å²) in [6.45, 7) is 4.05. The van der Waals surface area contributed by atoms with Crippen LogP contribution in [0.15, 0.2) is 60.7 Å². The van der Waals surface area contributed by atoms with Crippen molar-refractivity contribution in [3.05, 3.63) is 88.5 Å². The van der Waals surface area contributed by atoms with Crippen molar-refractivity contribution in [2.45, 2.75) is 69.1 Å². The molecule has 296 valence electrons. The maximum atomic E-state index is 14.9. The second-order valence-corrected chi connectivity index (χ2v) is 14.9. The fraction of sp³-hybridized carbons (Fsp3) is 0.463. The van der Waals surface area contributed by atoms with Gasteiger partial charge in [-0.2, -0.15) is 18.4 Å². The van der Waals surface area contributed by atoms with Gasteiger partial charge in [0, 0.05) is 88.6 Å². The van der Waals surface area contributed by atoms with Gasteiger partial charge in [0.05, 0.1) is 23.8 Å². The number of alkyl halides is 5. The number of amides is 3. The molecule has 3 fully saturated rings. The smallest absolute Gasteiger partial charge is 0.417 e. The Balaban J connectivity index is 0.815. The Bertz CT molecular complexity index is 1990. The van der Waals surface area contributed by atoms with Crippen molar-refractivity contribution in [1.29, 1.82) is 5.26 Å². The van der Waals surface area contributed by atoms with E-state index in [0.717, 1.165) is 35.7 Å².